The Hall–Kier alpha value is -0.850. The molecule has 0 bridgehead atoms. The lowest BCUT2D eigenvalue weighted by Gasteiger charge is -2.04. The number of unbranched alkanes of at least 4 members (excludes halogenated alkanes) is 22. The Morgan fingerprint density at radius 2 is 0.853 bits per heavy atom. The van der Waals surface area contributed by atoms with Gasteiger partial charge in [-0.1, -0.05) is 149 Å². The number of aromatic nitrogens is 1. The van der Waals surface area contributed by atoms with Crippen molar-refractivity contribution in [2.75, 3.05) is 0 Å². The molecule has 1 aromatic heterocycles. The van der Waals surface area contributed by atoms with E-state index >= 15 is 0 Å². The average molecular weight is 473 g/mol. The third-order valence-electron chi connectivity index (χ3n) is 7.51. The number of pyridine rings is 1. The predicted molar refractivity (Wildman–Crippen MR) is 152 cm³/mol. The maximum Gasteiger partial charge on any atom is 0.171 e. The lowest BCUT2D eigenvalue weighted by molar-refractivity contribution is -0.697. The van der Waals surface area contributed by atoms with E-state index in [0.717, 1.165) is 0 Å². The molecular weight excluding hydrogens is 410 g/mol. The lowest BCUT2D eigenvalue weighted by atomic mass is 10.0. The number of rotatable bonds is 26. The summed E-state index contributed by atoms with van der Waals surface area (Å²) in [5.74, 6) is 0. The van der Waals surface area contributed by atoms with Crippen molar-refractivity contribution in [1.82, 2.24) is 0 Å². The molecule has 34 heavy (non-hydrogen) atoms. The summed E-state index contributed by atoms with van der Waals surface area (Å²) in [6.45, 7) is 5.80. The van der Waals surface area contributed by atoms with Gasteiger partial charge in [-0.15, -0.1) is 0 Å². The van der Waals surface area contributed by atoms with Gasteiger partial charge in [0.1, 0.15) is 6.54 Å². The van der Waals surface area contributed by atoms with Crippen LogP contribution in [0.4, 0.5) is 0 Å². The molecular formula is C33H62N+. The van der Waals surface area contributed by atoms with Crippen molar-refractivity contribution < 1.29 is 4.57 Å². The highest BCUT2D eigenvalue weighted by Gasteiger charge is 2.03. The van der Waals surface area contributed by atoms with Crippen LogP contribution in [0.15, 0.2) is 24.5 Å². The van der Waals surface area contributed by atoms with Gasteiger partial charge in [-0.05, 0) is 25.3 Å². The number of hydrogen-bond donors (Lipinski definition) is 0. The molecule has 0 aliphatic carbocycles. The highest BCUT2D eigenvalue weighted by atomic mass is 14.9. The van der Waals surface area contributed by atoms with Crippen molar-refractivity contribution in [2.45, 2.75) is 181 Å². The molecule has 0 saturated heterocycles. The minimum Gasteiger partial charge on any atom is -0.205 e. The van der Waals surface area contributed by atoms with Crippen LogP contribution in [-0.2, 0) is 13.0 Å². The van der Waals surface area contributed by atoms with Crippen LogP contribution >= 0.6 is 0 Å². The first-order valence-corrected chi connectivity index (χ1v) is 15.8. The van der Waals surface area contributed by atoms with E-state index in [4.69, 9.17) is 0 Å². The predicted octanol–water partition coefficient (Wildman–Crippen LogP) is 10.9. The minimum absolute atomic E-state index is 1.20. The molecule has 0 fully saturated rings. The van der Waals surface area contributed by atoms with Crippen LogP contribution in [0.1, 0.15) is 174 Å². The fraction of sp³-hybridized carbons (Fsp3) is 0.848. The first kappa shape index (κ1) is 31.2. The van der Waals surface area contributed by atoms with Crippen LogP contribution in [0.2, 0.25) is 0 Å². The third kappa shape index (κ3) is 20.5. The Morgan fingerprint density at radius 3 is 1.29 bits per heavy atom. The van der Waals surface area contributed by atoms with Crippen molar-refractivity contribution in [3.05, 3.63) is 30.1 Å². The van der Waals surface area contributed by atoms with Crippen LogP contribution in [0, 0.1) is 0 Å². The number of aryl methyl sites for hydroxylation is 2. The zero-order chi connectivity index (χ0) is 24.4. The van der Waals surface area contributed by atoms with E-state index in [0.29, 0.717) is 0 Å². The summed E-state index contributed by atoms with van der Waals surface area (Å²) in [6, 6.07) is 4.59. The fourth-order valence-electron chi connectivity index (χ4n) is 5.17. The van der Waals surface area contributed by atoms with Crippen molar-refractivity contribution >= 4 is 0 Å². The molecule has 1 nitrogen and oxygen atoms in total. The van der Waals surface area contributed by atoms with E-state index < -0.39 is 0 Å². The van der Waals surface area contributed by atoms with Gasteiger partial charge in [-0.2, -0.15) is 0 Å². The Balaban J connectivity index is 1.90. The lowest BCUT2D eigenvalue weighted by Crippen LogP contribution is -2.33. The first-order chi connectivity index (χ1) is 16.9. The Kier molecular flexibility index (Phi) is 23.2. The van der Waals surface area contributed by atoms with E-state index in [2.05, 4.69) is 42.9 Å². The quantitative estimate of drug-likeness (QED) is 0.0932. The van der Waals surface area contributed by atoms with E-state index in [-0.39, 0.29) is 0 Å². The van der Waals surface area contributed by atoms with E-state index in [1.807, 2.05) is 0 Å². The molecule has 1 rings (SSSR count). The van der Waals surface area contributed by atoms with Gasteiger partial charge in [0, 0.05) is 18.1 Å². The summed E-state index contributed by atoms with van der Waals surface area (Å²) in [6.07, 6.45) is 40.3. The molecule has 1 heterocycles. The van der Waals surface area contributed by atoms with Gasteiger partial charge < -0.3 is 0 Å². The molecule has 0 saturated carbocycles. The van der Waals surface area contributed by atoms with Crippen LogP contribution in [0.5, 0.6) is 0 Å². The maximum absolute atomic E-state index is 2.43. The van der Waals surface area contributed by atoms with Crippen molar-refractivity contribution in [1.29, 1.82) is 0 Å². The molecule has 198 valence electrons. The van der Waals surface area contributed by atoms with Gasteiger partial charge in [-0.3, -0.25) is 0 Å². The molecule has 0 aliphatic rings. The van der Waals surface area contributed by atoms with Crippen LogP contribution in [-0.4, -0.2) is 0 Å². The van der Waals surface area contributed by atoms with Crippen LogP contribution in [0.3, 0.4) is 0 Å². The van der Waals surface area contributed by atoms with Gasteiger partial charge >= 0.3 is 0 Å². The Bertz CT molecular complexity index is 523. The molecule has 0 unspecified atom stereocenters. The molecule has 0 amide bonds. The summed E-state index contributed by atoms with van der Waals surface area (Å²) in [7, 11) is 0. The van der Waals surface area contributed by atoms with Gasteiger partial charge in [0.15, 0.2) is 12.4 Å². The topological polar surface area (TPSA) is 3.88 Å². The van der Waals surface area contributed by atoms with Crippen LogP contribution in [0.25, 0.3) is 0 Å². The van der Waals surface area contributed by atoms with E-state index in [9.17, 15) is 0 Å². The number of hydrogen-bond acceptors (Lipinski definition) is 0. The van der Waals surface area contributed by atoms with E-state index in [1.165, 1.54) is 173 Å². The first-order valence-electron chi connectivity index (χ1n) is 15.8. The highest BCUT2D eigenvalue weighted by Crippen LogP contribution is 2.14. The van der Waals surface area contributed by atoms with Crippen molar-refractivity contribution in [3.8, 4) is 0 Å². The summed E-state index contributed by atoms with van der Waals surface area (Å²) in [5.41, 5.74) is 1.54. The Morgan fingerprint density at radius 1 is 0.471 bits per heavy atom. The Labute approximate surface area is 215 Å². The second-order valence-electron chi connectivity index (χ2n) is 11.0. The monoisotopic (exact) mass is 472 g/mol. The molecule has 0 radical (unpaired) electrons. The summed E-state index contributed by atoms with van der Waals surface area (Å²) in [4.78, 5) is 0. The SMILES string of the molecule is CCCCCCCCCCCCCCCCCc1ccc[n+](CCCCCCCCCCC)c1. The highest BCUT2D eigenvalue weighted by molar-refractivity contribution is 5.05. The standard InChI is InChI=1S/C33H62N/c1-3-5-7-9-11-13-14-15-16-17-18-19-21-23-25-28-33-29-27-31-34(32-33)30-26-24-22-20-12-10-8-6-4-2/h27,29,31-32H,3-26,28,30H2,1-2H3/q+1. The fourth-order valence-corrected chi connectivity index (χ4v) is 5.17. The zero-order valence-corrected chi connectivity index (χ0v) is 23.6. The molecule has 1 heteroatoms. The molecule has 0 atom stereocenters. The van der Waals surface area contributed by atoms with Gasteiger partial charge in [0.25, 0.3) is 0 Å². The third-order valence-corrected chi connectivity index (χ3v) is 7.51. The van der Waals surface area contributed by atoms with Gasteiger partial charge in [0.05, 0.1) is 0 Å². The number of nitrogens with zero attached hydrogens (tertiary/aromatic N) is 1. The second-order valence-corrected chi connectivity index (χ2v) is 11.0. The average Bonchev–Trinajstić information content (AvgIpc) is 2.85. The second kappa shape index (κ2) is 25.2. The normalized spacial score (nSPS) is 11.4. The summed E-state index contributed by atoms with van der Waals surface area (Å²) in [5, 5.41) is 0. The molecule has 0 aromatic carbocycles. The van der Waals surface area contributed by atoms with Gasteiger partial charge in [-0.25, -0.2) is 4.57 Å². The molecule has 1 aromatic rings. The largest absolute Gasteiger partial charge is 0.205 e. The zero-order valence-electron chi connectivity index (χ0n) is 23.6. The van der Waals surface area contributed by atoms with Crippen molar-refractivity contribution in [3.63, 3.8) is 0 Å². The molecule has 0 spiro atoms. The smallest absolute Gasteiger partial charge is 0.171 e. The van der Waals surface area contributed by atoms with Crippen LogP contribution < -0.4 is 4.57 Å². The summed E-state index contributed by atoms with van der Waals surface area (Å²) >= 11 is 0. The minimum atomic E-state index is 1.20. The molecule has 0 N–H and O–H groups in total. The molecule has 0 aliphatic heterocycles. The maximum atomic E-state index is 2.43. The summed E-state index contributed by atoms with van der Waals surface area (Å²) < 4.78 is 2.43. The van der Waals surface area contributed by atoms with E-state index in [1.54, 1.807) is 0 Å². The van der Waals surface area contributed by atoms with Gasteiger partial charge in [0.2, 0.25) is 0 Å². The van der Waals surface area contributed by atoms with Crippen molar-refractivity contribution in [2.24, 2.45) is 0 Å².